The van der Waals surface area contributed by atoms with Crippen LogP contribution in [0.15, 0.2) is 72.8 Å². The standard InChI is InChI=1S/C26H29Br2N/c1-6-19-8-7-9-24(18-19)29(22-14-10-20(11-15-22)25(2,3)27)23-16-12-21(13-17-23)26(4,5)28/h7-18H,6H2,1-5H3. The van der Waals surface area contributed by atoms with Crippen molar-refractivity contribution < 1.29 is 0 Å². The number of aryl methyl sites for hydroxylation is 1. The van der Waals surface area contributed by atoms with Gasteiger partial charge in [-0.1, -0.05) is 75.2 Å². The fourth-order valence-electron chi connectivity index (χ4n) is 3.38. The second-order valence-corrected chi connectivity index (χ2v) is 12.4. The van der Waals surface area contributed by atoms with E-state index in [1.165, 1.54) is 22.4 Å². The number of hydrogen-bond donors (Lipinski definition) is 0. The van der Waals surface area contributed by atoms with Crippen LogP contribution in [0.1, 0.15) is 51.3 Å². The van der Waals surface area contributed by atoms with Gasteiger partial charge in [0.05, 0.1) is 0 Å². The lowest BCUT2D eigenvalue weighted by Crippen LogP contribution is -2.12. The first kappa shape index (κ1) is 22.1. The Kier molecular flexibility index (Phi) is 6.60. The maximum Gasteiger partial charge on any atom is 0.0464 e. The molecule has 1 nitrogen and oxygen atoms in total. The number of halogens is 2. The Morgan fingerprint density at radius 1 is 0.655 bits per heavy atom. The fourth-order valence-corrected chi connectivity index (χ4v) is 3.91. The highest BCUT2D eigenvalue weighted by Crippen LogP contribution is 2.38. The van der Waals surface area contributed by atoms with Gasteiger partial charge in [-0.2, -0.15) is 0 Å². The van der Waals surface area contributed by atoms with Crippen molar-refractivity contribution in [3.63, 3.8) is 0 Å². The summed E-state index contributed by atoms with van der Waals surface area (Å²) in [4.78, 5) is 2.33. The Morgan fingerprint density at radius 3 is 1.48 bits per heavy atom. The normalized spacial score (nSPS) is 12.1. The van der Waals surface area contributed by atoms with Crippen LogP contribution in [-0.2, 0) is 15.1 Å². The zero-order valence-corrected chi connectivity index (χ0v) is 21.0. The van der Waals surface area contributed by atoms with Crippen molar-refractivity contribution >= 4 is 48.9 Å². The molecule has 0 fully saturated rings. The lowest BCUT2D eigenvalue weighted by atomic mass is 10.0. The number of nitrogens with zero attached hydrogens (tertiary/aromatic N) is 1. The molecule has 3 aromatic rings. The Morgan fingerprint density at radius 2 is 1.10 bits per heavy atom. The summed E-state index contributed by atoms with van der Waals surface area (Å²) in [6.45, 7) is 10.9. The van der Waals surface area contributed by atoms with Gasteiger partial charge in [-0.3, -0.25) is 0 Å². The number of alkyl halides is 2. The van der Waals surface area contributed by atoms with Gasteiger partial charge in [0.2, 0.25) is 0 Å². The predicted molar refractivity (Wildman–Crippen MR) is 134 cm³/mol. The maximum atomic E-state index is 3.77. The van der Waals surface area contributed by atoms with Crippen LogP contribution in [0.5, 0.6) is 0 Å². The first-order valence-corrected chi connectivity index (χ1v) is 11.7. The first-order chi connectivity index (χ1) is 13.6. The van der Waals surface area contributed by atoms with Gasteiger partial charge in [-0.15, -0.1) is 0 Å². The largest absolute Gasteiger partial charge is 0.310 e. The molecule has 0 heterocycles. The van der Waals surface area contributed by atoms with E-state index in [4.69, 9.17) is 0 Å². The number of anilines is 3. The molecule has 0 bridgehead atoms. The van der Waals surface area contributed by atoms with Crippen LogP contribution in [0.2, 0.25) is 0 Å². The van der Waals surface area contributed by atoms with Gasteiger partial charge in [0.1, 0.15) is 0 Å². The van der Waals surface area contributed by atoms with Gasteiger partial charge in [-0.05, 0) is 87.2 Å². The number of benzene rings is 3. The second-order valence-electron chi connectivity index (χ2n) is 8.40. The molecule has 0 saturated carbocycles. The summed E-state index contributed by atoms with van der Waals surface area (Å²) < 4.78 is -0.0802. The minimum Gasteiger partial charge on any atom is -0.310 e. The predicted octanol–water partition coefficient (Wildman–Crippen LogP) is 8.98. The van der Waals surface area contributed by atoms with Crippen molar-refractivity contribution in [2.24, 2.45) is 0 Å². The second kappa shape index (κ2) is 8.65. The summed E-state index contributed by atoms with van der Waals surface area (Å²) in [5, 5.41) is 0. The van der Waals surface area contributed by atoms with E-state index in [0.717, 1.165) is 17.8 Å². The third-order valence-electron chi connectivity index (χ3n) is 5.20. The molecule has 3 rings (SSSR count). The average molecular weight is 515 g/mol. The zero-order valence-electron chi connectivity index (χ0n) is 17.8. The van der Waals surface area contributed by atoms with Crippen molar-refractivity contribution in [1.29, 1.82) is 0 Å². The molecule has 0 aliphatic rings. The summed E-state index contributed by atoms with van der Waals surface area (Å²) in [5.74, 6) is 0. The maximum absolute atomic E-state index is 3.77. The smallest absolute Gasteiger partial charge is 0.0464 e. The van der Waals surface area contributed by atoms with Crippen molar-refractivity contribution in [1.82, 2.24) is 0 Å². The topological polar surface area (TPSA) is 3.24 Å². The van der Waals surface area contributed by atoms with Crippen LogP contribution in [0.3, 0.4) is 0 Å². The molecule has 0 aromatic heterocycles. The van der Waals surface area contributed by atoms with E-state index in [2.05, 4.69) is 144 Å². The SMILES string of the molecule is CCc1cccc(N(c2ccc(C(C)(C)Br)cc2)c2ccc(C(C)(C)Br)cc2)c1. The molecule has 3 aromatic carbocycles. The monoisotopic (exact) mass is 513 g/mol. The van der Waals surface area contributed by atoms with Gasteiger partial charge in [0.25, 0.3) is 0 Å². The molecule has 3 heteroatoms. The van der Waals surface area contributed by atoms with Gasteiger partial charge in [0.15, 0.2) is 0 Å². The van der Waals surface area contributed by atoms with Crippen LogP contribution in [0, 0.1) is 0 Å². The van der Waals surface area contributed by atoms with E-state index in [1.54, 1.807) is 0 Å². The minimum atomic E-state index is -0.0401. The molecule has 0 aliphatic heterocycles. The third-order valence-corrected chi connectivity index (χ3v) is 6.12. The van der Waals surface area contributed by atoms with E-state index >= 15 is 0 Å². The molecule has 0 amide bonds. The molecule has 0 aliphatic carbocycles. The van der Waals surface area contributed by atoms with Crippen molar-refractivity contribution in [2.45, 2.75) is 49.7 Å². The molecule has 0 spiro atoms. The van der Waals surface area contributed by atoms with E-state index in [-0.39, 0.29) is 8.65 Å². The van der Waals surface area contributed by atoms with Gasteiger partial charge in [-0.25, -0.2) is 0 Å². The van der Waals surface area contributed by atoms with Crippen molar-refractivity contribution in [3.05, 3.63) is 89.5 Å². The quantitative estimate of drug-likeness (QED) is 0.296. The number of hydrogen-bond acceptors (Lipinski definition) is 1. The van der Waals surface area contributed by atoms with Crippen molar-refractivity contribution in [2.75, 3.05) is 4.90 Å². The van der Waals surface area contributed by atoms with Crippen LogP contribution in [-0.4, -0.2) is 0 Å². The molecule has 0 atom stereocenters. The highest BCUT2D eigenvalue weighted by Gasteiger charge is 2.19. The average Bonchev–Trinajstić information content (AvgIpc) is 2.68. The van der Waals surface area contributed by atoms with E-state index in [9.17, 15) is 0 Å². The lowest BCUT2D eigenvalue weighted by molar-refractivity contribution is 0.803. The zero-order chi connectivity index (χ0) is 21.2. The Hall–Kier alpha value is -1.58. The Labute approximate surface area is 192 Å². The van der Waals surface area contributed by atoms with E-state index in [1.807, 2.05) is 0 Å². The summed E-state index contributed by atoms with van der Waals surface area (Å²) in [6.07, 6.45) is 1.02. The Balaban J connectivity index is 2.09. The molecule has 29 heavy (non-hydrogen) atoms. The highest BCUT2D eigenvalue weighted by atomic mass is 79.9. The molecular weight excluding hydrogens is 486 g/mol. The fraction of sp³-hybridized carbons (Fsp3) is 0.308. The summed E-state index contributed by atoms with van der Waals surface area (Å²) in [6, 6.07) is 26.5. The van der Waals surface area contributed by atoms with Gasteiger partial charge < -0.3 is 4.90 Å². The van der Waals surface area contributed by atoms with Gasteiger partial charge >= 0.3 is 0 Å². The molecule has 0 saturated heterocycles. The van der Waals surface area contributed by atoms with Crippen LogP contribution in [0.4, 0.5) is 17.1 Å². The molecule has 0 N–H and O–H groups in total. The molecule has 152 valence electrons. The lowest BCUT2D eigenvalue weighted by Gasteiger charge is -2.28. The summed E-state index contributed by atoms with van der Waals surface area (Å²) in [5.41, 5.74) is 7.36. The van der Waals surface area contributed by atoms with Gasteiger partial charge in [0, 0.05) is 25.7 Å². The van der Waals surface area contributed by atoms with Crippen LogP contribution >= 0.6 is 31.9 Å². The van der Waals surface area contributed by atoms with E-state index < -0.39 is 0 Å². The summed E-state index contributed by atoms with van der Waals surface area (Å²) >= 11 is 7.53. The molecular formula is C26H29Br2N. The van der Waals surface area contributed by atoms with Crippen LogP contribution < -0.4 is 4.90 Å². The Bertz CT molecular complexity index is 888. The summed E-state index contributed by atoms with van der Waals surface area (Å²) in [7, 11) is 0. The highest BCUT2D eigenvalue weighted by molar-refractivity contribution is 9.09. The third kappa shape index (κ3) is 5.32. The molecule has 0 radical (unpaired) electrons. The molecule has 0 unspecified atom stereocenters. The van der Waals surface area contributed by atoms with Crippen LogP contribution in [0.25, 0.3) is 0 Å². The first-order valence-electron chi connectivity index (χ1n) is 10.1. The number of rotatable bonds is 6. The minimum absolute atomic E-state index is 0.0401. The van der Waals surface area contributed by atoms with E-state index in [0.29, 0.717) is 0 Å². The van der Waals surface area contributed by atoms with Crippen molar-refractivity contribution in [3.8, 4) is 0 Å².